The fraction of sp³-hybridized carbons (Fsp3) is 0.529. The van der Waals surface area contributed by atoms with Crippen LogP contribution in [0.3, 0.4) is 0 Å². The topological polar surface area (TPSA) is 57.6 Å². The van der Waals surface area contributed by atoms with E-state index in [9.17, 15) is 4.79 Å². The monoisotopic (exact) mass is 399 g/mol. The Morgan fingerprint density at radius 3 is 2.60 bits per heavy atom. The first-order valence-corrected chi connectivity index (χ1v) is 10.4. The number of hydrogen-bond acceptors (Lipinski definition) is 3. The number of amides is 1. The molecule has 1 aromatic rings. The van der Waals surface area contributed by atoms with Gasteiger partial charge in [0.2, 0.25) is 5.91 Å². The summed E-state index contributed by atoms with van der Waals surface area (Å²) in [6.07, 6.45) is 2.25. The van der Waals surface area contributed by atoms with Crippen LogP contribution in [-0.4, -0.2) is 36.5 Å². The maximum Gasteiger partial charge on any atom is 0.248 e. The van der Waals surface area contributed by atoms with Crippen LogP contribution in [0.2, 0.25) is 5.02 Å². The molecule has 2 atom stereocenters. The molecule has 1 aromatic carbocycles. The van der Waals surface area contributed by atoms with Crippen molar-refractivity contribution >= 4 is 46.6 Å². The maximum absolute atomic E-state index is 12.8. The number of carbonyl (C=O) groups excluding carboxylic acids is 1. The molecule has 8 heteroatoms. The predicted molar refractivity (Wildman–Crippen MR) is 106 cm³/mol. The van der Waals surface area contributed by atoms with Crippen molar-refractivity contribution in [2.45, 2.75) is 24.0 Å². The van der Waals surface area contributed by atoms with Gasteiger partial charge in [-0.05, 0) is 35.8 Å². The van der Waals surface area contributed by atoms with Gasteiger partial charge in [-0.15, -0.1) is 0 Å². The van der Waals surface area contributed by atoms with E-state index in [4.69, 9.17) is 23.8 Å². The van der Waals surface area contributed by atoms with Crippen LogP contribution in [0.15, 0.2) is 24.3 Å². The molecule has 0 saturated carbocycles. The van der Waals surface area contributed by atoms with E-state index >= 15 is 0 Å². The van der Waals surface area contributed by atoms with Gasteiger partial charge >= 0.3 is 0 Å². The molecule has 0 radical (unpaired) electrons. The van der Waals surface area contributed by atoms with Crippen LogP contribution in [0, 0.1) is 11.8 Å². The SMILES string of the molecule is CNC(=S)NNC(=O)[C@@H]1C2CC[NH+](CC2)[C@H]1SCc1ccc(Cl)cc1. The first-order valence-electron chi connectivity index (χ1n) is 8.56. The fourth-order valence-electron chi connectivity index (χ4n) is 3.76. The Morgan fingerprint density at radius 1 is 1.28 bits per heavy atom. The van der Waals surface area contributed by atoms with Gasteiger partial charge in [0.05, 0.1) is 13.1 Å². The molecule has 3 aliphatic heterocycles. The predicted octanol–water partition coefficient (Wildman–Crippen LogP) is 0.949. The average Bonchev–Trinajstić information content (AvgIpc) is 2.65. The molecule has 3 aliphatic rings. The molecule has 4 N–H and O–H groups in total. The van der Waals surface area contributed by atoms with Gasteiger partial charge in [0.15, 0.2) is 5.11 Å². The van der Waals surface area contributed by atoms with Crippen molar-refractivity contribution in [2.24, 2.45) is 11.8 Å². The van der Waals surface area contributed by atoms with E-state index in [0.717, 1.165) is 36.7 Å². The molecule has 25 heavy (non-hydrogen) atoms. The summed E-state index contributed by atoms with van der Waals surface area (Å²) in [5.41, 5.74) is 6.80. The van der Waals surface area contributed by atoms with Gasteiger partial charge in [-0.2, -0.15) is 0 Å². The zero-order chi connectivity index (χ0) is 17.8. The third kappa shape index (κ3) is 4.58. The molecule has 3 fully saturated rings. The van der Waals surface area contributed by atoms with Gasteiger partial charge in [-0.3, -0.25) is 15.6 Å². The van der Waals surface area contributed by atoms with E-state index in [0.29, 0.717) is 11.0 Å². The van der Waals surface area contributed by atoms with E-state index in [1.165, 1.54) is 10.5 Å². The number of halogens is 1. The van der Waals surface area contributed by atoms with Crippen molar-refractivity contribution in [2.75, 3.05) is 20.1 Å². The Labute approximate surface area is 163 Å². The number of benzene rings is 1. The number of fused-ring (bicyclic) bond motifs is 3. The second-order valence-electron chi connectivity index (χ2n) is 6.57. The van der Waals surface area contributed by atoms with Gasteiger partial charge in [0.25, 0.3) is 0 Å². The number of hydrazine groups is 1. The van der Waals surface area contributed by atoms with Crippen LogP contribution >= 0.6 is 35.6 Å². The van der Waals surface area contributed by atoms with Crippen LogP contribution in [0.4, 0.5) is 0 Å². The lowest BCUT2D eigenvalue weighted by atomic mass is 9.78. The summed E-state index contributed by atoms with van der Waals surface area (Å²) in [6.45, 7) is 2.32. The van der Waals surface area contributed by atoms with Crippen molar-refractivity contribution in [3.63, 3.8) is 0 Å². The number of hydrogen-bond donors (Lipinski definition) is 4. The summed E-state index contributed by atoms with van der Waals surface area (Å²) in [5, 5.41) is 4.27. The number of rotatable bonds is 4. The molecule has 0 aromatic heterocycles. The summed E-state index contributed by atoms with van der Waals surface area (Å²) >= 11 is 12.9. The number of nitrogens with one attached hydrogen (secondary N) is 4. The highest BCUT2D eigenvalue weighted by molar-refractivity contribution is 7.98. The number of thiocarbonyl (C=S) groups is 1. The molecule has 0 aliphatic carbocycles. The lowest BCUT2D eigenvalue weighted by Gasteiger charge is -2.46. The van der Waals surface area contributed by atoms with Crippen molar-refractivity contribution in [3.05, 3.63) is 34.9 Å². The third-order valence-electron chi connectivity index (χ3n) is 5.08. The second kappa shape index (κ2) is 8.58. The third-order valence-corrected chi connectivity index (χ3v) is 7.12. The summed E-state index contributed by atoms with van der Waals surface area (Å²) in [7, 11) is 1.73. The molecule has 3 heterocycles. The molecule has 0 spiro atoms. The summed E-state index contributed by atoms with van der Waals surface area (Å²) in [6, 6.07) is 7.96. The number of carbonyl (C=O) groups is 1. The van der Waals surface area contributed by atoms with Gasteiger partial charge in [0.1, 0.15) is 11.3 Å². The smallest absolute Gasteiger partial charge is 0.248 e. The minimum Gasteiger partial charge on any atom is -0.364 e. The number of piperidine rings is 3. The number of quaternary nitrogens is 1. The fourth-order valence-corrected chi connectivity index (χ4v) is 5.53. The minimum absolute atomic E-state index is 0.0157. The highest BCUT2D eigenvalue weighted by Crippen LogP contribution is 2.34. The van der Waals surface area contributed by atoms with Crippen molar-refractivity contribution in [1.82, 2.24) is 16.2 Å². The second-order valence-corrected chi connectivity index (χ2v) is 8.55. The molecule has 0 unspecified atom stereocenters. The maximum atomic E-state index is 12.8. The zero-order valence-electron chi connectivity index (χ0n) is 14.2. The van der Waals surface area contributed by atoms with Gasteiger partial charge in [0, 0.05) is 30.7 Å². The molecule has 4 rings (SSSR count). The van der Waals surface area contributed by atoms with Crippen LogP contribution < -0.4 is 21.1 Å². The highest BCUT2D eigenvalue weighted by atomic mass is 35.5. The molecule has 2 bridgehead atoms. The Morgan fingerprint density at radius 2 is 1.96 bits per heavy atom. The van der Waals surface area contributed by atoms with Gasteiger partial charge in [-0.25, -0.2) is 0 Å². The summed E-state index contributed by atoms with van der Waals surface area (Å²) in [5.74, 6) is 1.42. The zero-order valence-corrected chi connectivity index (χ0v) is 16.6. The largest absolute Gasteiger partial charge is 0.364 e. The first kappa shape index (κ1) is 18.8. The van der Waals surface area contributed by atoms with Gasteiger partial charge < -0.3 is 10.2 Å². The van der Waals surface area contributed by atoms with E-state index in [2.05, 4.69) is 28.3 Å². The minimum atomic E-state index is 0.0157. The normalized spacial score (nSPS) is 27.6. The molecule has 1 amide bonds. The van der Waals surface area contributed by atoms with E-state index in [-0.39, 0.29) is 17.2 Å². The first-order chi connectivity index (χ1) is 12.1. The molecule has 3 saturated heterocycles. The van der Waals surface area contributed by atoms with Gasteiger partial charge in [-0.1, -0.05) is 35.5 Å². The van der Waals surface area contributed by atoms with Crippen molar-refractivity contribution in [3.8, 4) is 0 Å². The molecule has 5 nitrogen and oxygen atoms in total. The van der Waals surface area contributed by atoms with E-state index in [1.54, 1.807) is 7.05 Å². The average molecular weight is 400 g/mol. The van der Waals surface area contributed by atoms with Crippen LogP contribution in [-0.2, 0) is 10.5 Å². The standard InChI is InChI=1S/C17H23ClN4OS2/c1-19-17(24)21-20-15(23)14-12-6-8-22(9-7-12)16(14)25-10-11-2-4-13(18)5-3-11/h2-5,12,14,16H,6-10H2,1H3,(H,20,23)(H2,19,21,24)/p+1/t14-,16-/m0/s1. The molecular weight excluding hydrogens is 376 g/mol. The van der Waals surface area contributed by atoms with Crippen LogP contribution in [0.5, 0.6) is 0 Å². The quantitative estimate of drug-likeness (QED) is 0.448. The lowest BCUT2D eigenvalue weighted by molar-refractivity contribution is -0.930. The Bertz CT molecular complexity index is 620. The molecule has 136 valence electrons. The lowest BCUT2D eigenvalue weighted by Crippen LogP contribution is -3.19. The summed E-state index contributed by atoms with van der Waals surface area (Å²) in [4.78, 5) is 14.3. The molecular formula is C17H24ClN4OS2+. The Balaban J connectivity index is 1.65. The number of thioether (sulfide) groups is 1. The van der Waals surface area contributed by atoms with Crippen LogP contribution in [0.25, 0.3) is 0 Å². The van der Waals surface area contributed by atoms with Crippen molar-refractivity contribution < 1.29 is 9.69 Å². The Hall–Kier alpha value is -1.02. The van der Waals surface area contributed by atoms with E-state index in [1.807, 2.05) is 23.9 Å². The van der Waals surface area contributed by atoms with Crippen molar-refractivity contribution in [1.29, 1.82) is 0 Å². The van der Waals surface area contributed by atoms with E-state index < -0.39 is 0 Å². The highest BCUT2D eigenvalue weighted by Gasteiger charge is 2.49. The van der Waals surface area contributed by atoms with Crippen LogP contribution in [0.1, 0.15) is 18.4 Å². The Kier molecular flexibility index (Phi) is 6.44. The summed E-state index contributed by atoms with van der Waals surface area (Å²) < 4.78 is 0.